The summed E-state index contributed by atoms with van der Waals surface area (Å²) in [5, 5.41) is 11.0. The van der Waals surface area contributed by atoms with Crippen molar-refractivity contribution in [2.45, 2.75) is 58.5 Å². The van der Waals surface area contributed by atoms with E-state index in [0.29, 0.717) is 23.2 Å². The summed E-state index contributed by atoms with van der Waals surface area (Å²) in [4.78, 5) is 16.7. The van der Waals surface area contributed by atoms with Gasteiger partial charge < -0.3 is 9.84 Å². The summed E-state index contributed by atoms with van der Waals surface area (Å²) < 4.78 is 7.07. The number of hydrogen-bond donors (Lipinski definition) is 1. The van der Waals surface area contributed by atoms with E-state index in [4.69, 9.17) is 4.52 Å². The van der Waals surface area contributed by atoms with Crippen LogP contribution < -0.4 is 5.32 Å². The Labute approximate surface area is 129 Å². The van der Waals surface area contributed by atoms with Crippen LogP contribution in [0, 0.1) is 6.92 Å². The fourth-order valence-electron chi connectivity index (χ4n) is 2.57. The van der Waals surface area contributed by atoms with Gasteiger partial charge in [0, 0.05) is 12.5 Å². The number of aryl methyl sites for hydroxylation is 2. The molecule has 7 nitrogen and oxygen atoms in total. The molecule has 2 heterocycles. The molecule has 22 heavy (non-hydrogen) atoms. The van der Waals surface area contributed by atoms with Crippen molar-refractivity contribution in [3.05, 3.63) is 29.2 Å². The Kier molecular flexibility index (Phi) is 3.96. The van der Waals surface area contributed by atoms with Gasteiger partial charge in [0.1, 0.15) is 6.04 Å². The van der Waals surface area contributed by atoms with E-state index in [-0.39, 0.29) is 11.9 Å². The number of amides is 1. The quantitative estimate of drug-likeness (QED) is 0.885. The summed E-state index contributed by atoms with van der Waals surface area (Å²) in [5.41, 5.74) is 1.73. The van der Waals surface area contributed by atoms with Crippen molar-refractivity contribution in [1.82, 2.24) is 25.2 Å². The maximum atomic E-state index is 12.6. The average Bonchev–Trinajstić information content (AvgIpc) is 3.08. The molecular weight excluding hydrogens is 282 g/mol. The topological polar surface area (TPSA) is 85.8 Å². The molecule has 2 aromatic heterocycles. The van der Waals surface area contributed by atoms with Gasteiger partial charge in [0.15, 0.2) is 5.82 Å². The van der Waals surface area contributed by atoms with Crippen LogP contribution >= 0.6 is 0 Å². The van der Waals surface area contributed by atoms with Crippen LogP contribution in [0.1, 0.15) is 72.8 Å². The SMILES string of the molecule is CCCn1ncc(C(=O)NC(C)c2nc(C)no2)c1C1CC1. The Morgan fingerprint density at radius 3 is 2.91 bits per heavy atom. The average molecular weight is 303 g/mol. The third kappa shape index (κ3) is 2.88. The fourth-order valence-corrected chi connectivity index (χ4v) is 2.57. The molecule has 2 aromatic rings. The van der Waals surface area contributed by atoms with Gasteiger partial charge in [-0.05, 0) is 33.1 Å². The lowest BCUT2D eigenvalue weighted by molar-refractivity contribution is 0.0931. The Morgan fingerprint density at radius 2 is 2.32 bits per heavy atom. The summed E-state index contributed by atoms with van der Waals surface area (Å²) in [6.45, 7) is 6.54. The first-order valence-electron chi connectivity index (χ1n) is 7.77. The van der Waals surface area contributed by atoms with Crippen LogP contribution in [0.3, 0.4) is 0 Å². The van der Waals surface area contributed by atoms with Gasteiger partial charge in [0.05, 0.1) is 17.5 Å². The van der Waals surface area contributed by atoms with Crippen molar-refractivity contribution < 1.29 is 9.32 Å². The van der Waals surface area contributed by atoms with Crippen LogP contribution in [-0.4, -0.2) is 25.8 Å². The van der Waals surface area contributed by atoms with E-state index in [1.807, 2.05) is 11.6 Å². The molecule has 0 aliphatic heterocycles. The molecule has 0 radical (unpaired) electrons. The van der Waals surface area contributed by atoms with Crippen molar-refractivity contribution in [1.29, 1.82) is 0 Å². The van der Waals surface area contributed by atoms with E-state index in [1.165, 1.54) is 0 Å². The normalized spacial score (nSPS) is 15.8. The number of nitrogens with zero attached hydrogens (tertiary/aromatic N) is 4. The molecule has 3 rings (SSSR count). The molecule has 118 valence electrons. The van der Waals surface area contributed by atoms with Crippen molar-refractivity contribution in [3.63, 3.8) is 0 Å². The summed E-state index contributed by atoms with van der Waals surface area (Å²) in [6, 6.07) is -0.324. The molecule has 0 bridgehead atoms. The van der Waals surface area contributed by atoms with Gasteiger partial charge in [-0.1, -0.05) is 12.1 Å². The summed E-state index contributed by atoms with van der Waals surface area (Å²) in [6.07, 6.45) is 4.94. The van der Waals surface area contributed by atoms with Gasteiger partial charge in [-0.3, -0.25) is 9.48 Å². The zero-order valence-corrected chi connectivity index (χ0v) is 13.2. The van der Waals surface area contributed by atoms with Crippen molar-refractivity contribution in [2.75, 3.05) is 0 Å². The van der Waals surface area contributed by atoms with Crippen LogP contribution in [0.15, 0.2) is 10.7 Å². The molecule has 1 N–H and O–H groups in total. The molecule has 1 aliphatic carbocycles. The minimum atomic E-state index is -0.324. The van der Waals surface area contributed by atoms with Gasteiger partial charge in [-0.25, -0.2) is 0 Å². The molecule has 1 unspecified atom stereocenters. The number of carbonyl (C=O) groups excluding carboxylic acids is 1. The highest BCUT2D eigenvalue weighted by atomic mass is 16.5. The summed E-state index contributed by atoms with van der Waals surface area (Å²) >= 11 is 0. The second-order valence-electron chi connectivity index (χ2n) is 5.82. The first kappa shape index (κ1) is 14.7. The highest BCUT2D eigenvalue weighted by Crippen LogP contribution is 2.41. The van der Waals surface area contributed by atoms with Gasteiger partial charge >= 0.3 is 0 Å². The van der Waals surface area contributed by atoms with Crippen LogP contribution in [-0.2, 0) is 6.54 Å². The Balaban J connectivity index is 1.77. The first-order valence-corrected chi connectivity index (χ1v) is 7.77. The van der Waals surface area contributed by atoms with Crippen LogP contribution in [0.2, 0.25) is 0 Å². The van der Waals surface area contributed by atoms with Crippen LogP contribution in [0.4, 0.5) is 0 Å². The lowest BCUT2D eigenvalue weighted by Gasteiger charge is -2.11. The molecule has 1 atom stereocenters. The molecule has 1 saturated carbocycles. The molecule has 1 amide bonds. The third-order valence-electron chi connectivity index (χ3n) is 3.79. The van der Waals surface area contributed by atoms with E-state index in [2.05, 4.69) is 27.5 Å². The molecule has 1 aliphatic rings. The highest BCUT2D eigenvalue weighted by molar-refractivity contribution is 5.95. The van der Waals surface area contributed by atoms with E-state index < -0.39 is 0 Å². The second-order valence-corrected chi connectivity index (χ2v) is 5.82. The molecule has 1 fully saturated rings. The molecular formula is C15H21N5O2. The molecule has 0 aromatic carbocycles. The lowest BCUT2D eigenvalue weighted by atomic mass is 10.1. The predicted octanol–water partition coefficient (Wildman–Crippen LogP) is 2.35. The van der Waals surface area contributed by atoms with E-state index in [9.17, 15) is 4.79 Å². The minimum Gasteiger partial charge on any atom is -0.340 e. The second kappa shape index (κ2) is 5.90. The van der Waals surface area contributed by atoms with E-state index >= 15 is 0 Å². The molecule has 7 heteroatoms. The minimum absolute atomic E-state index is 0.132. The summed E-state index contributed by atoms with van der Waals surface area (Å²) in [7, 11) is 0. The largest absolute Gasteiger partial charge is 0.340 e. The summed E-state index contributed by atoms with van der Waals surface area (Å²) in [5.74, 6) is 1.31. The number of hydrogen-bond acceptors (Lipinski definition) is 5. The molecule has 0 spiro atoms. The highest BCUT2D eigenvalue weighted by Gasteiger charge is 2.32. The zero-order valence-electron chi connectivity index (χ0n) is 13.2. The number of nitrogens with one attached hydrogen (secondary N) is 1. The number of aromatic nitrogens is 4. The monoisotopic (exact) mass is 303 g/mol. The van der Waals surface area contributed by atoms with Gasteiger partial charge in [-0.2, -0.15) is 10.1 Å². The van der Waals surface area contributed by atoms with Gasteiger partial charge in [-0.15, -0.1) is 0 Å². The number of rotatable bonds is 6. The van der Waals surface area contributed by atoms with Crippen molar-refractivity contribution in [3.8, 4) is 0 Å². The van der Waals surface area contributed by atoms with Crippen LogP contribution in [0.5, 0.6) is 0 Å². The first-order chi connectivity index (χ1) is 10.6. The van der Waals surface area contributed by atoms with E-state index in [0.717, 1.165) is 31.5 Å². The Hall–Kier alpha value is -2.18. The fraction of sp³-hybridized carbons (Fsp3) is 0.600. The smallest absolute Gasteiger partial charge is 0.255 e. The Morgan fingerprint density at radius 1 is 1.55 bits per heavy atom. The lowest BCUT2D eigenvalue weighted by Crippen LogP contribution is -2.27. The standard InChI is InChI=1S/C15H21N5O2/c1-4-7-20-13(11-5-6-11)12(8-16-20)14(21)17-9(2)15-18-10(3)19-22-15/h8-9,11H,4-7H2,1-3H3,(H,17,21). The molecule has 0 saturated heterocycles. The van der Waals surface area contributed by atoms with Gasteiger partial charge in [0.25, 0.3) is 5.91 Å². The van der Waals surface area contributed by atoms with Crippen LogP contribution in [0.25, 0.3) is 0 Å². The van der Waals surface area contributed by atoms with Gasteiger partial charge in [0.2, 0.25) is 5.89 Å². The predicted molar refractivity (Wildman–Crippen MR) is 79.4 cm³/mol. The maximum absolute atomic E-state index is 12.6. The zero-order chi connectivity index (χ0) is 15.7. The number of carbonyl (C=O) groups is 1. The maximum Gasteiger partial charge on any atom is 0.255 e. The van der Waals surface area contributed by atoms with Crippen molar-refractivity contribution >= 4 is 5.91 Å². The van der Waals surface area contributed by atoms with E-state index in [1.54, 1.807) is 13.1 Å². The Bertz CT molecular complexity index is 671. The third-order valence-corrected chi connectivity index (χ3v) is 3.79. The van der Waals surface area contributed by atoms with Crippen molar-refractivity contribution in [2.24, 2.45) is 0 Å².